The lowest BCUT2D eigenvalue weighted by Crippen LogP contribution is -2.27. The number of fused-ring (bicyclic) bond motifs is 6. The molecule has 4 aromatic carbocycles. The second-order valence-electron chi connectivity index (χ2n) is 14.9. The van der Waals surface area contributed by atoms with Crippen LogP contribution in [-0.2, 0) is 20.9 Å². The van der Waals surface area contributed by atoms with E-state index >= 15 is 0 Å². The van der Waals surface area contributed by atoms with Crippen LogP contribution in [0, 0.1) is 6.92 Å². The van der Waals surface area contributed by atoms with Crippen LogP contribution in [-0.4, -0.2) is 36.3 Å². The van der Waals surface area contributed by atoms with E-state index in [0.29, 0.717) is 0 Å². The van der Waals surface area contributed by atoms with E-state index in [4.69, 9.17) is 11.6 Å². The zero-order valence-corrected chi connectivity index (χ0v) is 31.6. The molecule has 0 bridgehead atoms. The van der Waals surface area contributed by atoms with Crippen molar-refractivity contribution in [3.05, 3.63) is 124 Å². The molecule has 0 fully saturated rings. The van der Waals surface area contributed by atoms with Gasteiger partial charge in [0.1, 0.15) is 16.7 Å². The third kappa shape index (κ3) is 5.47. The van der Waals surface area contributed by atoms with Crippen LogP contribution >= 0.6 is 11.6 Å². The van der Waals surface area contributed by atoms with Crippen LogP contribution in [0.3, 0.4) is 0 Å². The van der Waals surface area contributed by atoms with Gasteiger partial charge in [0.15, 0.2) is 5.71 Å². The molecule has 0 radical (unpaired) electrons. The first kappa shape index (κ1) is 34.5. The first-order valence-corrected chi connectivity index (χ1v) is 19.4. The van der Waals surface area contributed by atoms with Gasteiger partial charge in [-0.3, -0.25) is 0 Å². The predicted molar refractivity (Wildman–Crippen MR) is 207 cm³/mol. The lowest BCUT2D eigenvalue weighted by Gasteiger charge is -2.26. The summed E-state index contributed by atoms with van der Waals surface area (Å²) in [6, 6.07) is 19.9. The fourth-order valence-corrected chi connectivity index (χ4v) is 9.51. The van der Waals surface area contributed by atoms with Crippen LogP contribution in [0.15, 0.2) is 112 Å². The molecular formula is C43H45ClN2O3S. The van der Waals surface area contributed by atoms with Crippen molar-refractivity contribution in [2.24, 2.45) is 0 Å². The molecule has 0 atom stereocenters. The summed E-state index contributed by atoms with van der Waals surface area (Å²) < 4.78 is 37.7. The van der Waals surface area contributed by atoms with Gasteiger partial charge in [-0.25, -0.2) is 8.42 Å². The molecular weight excluding hydrogens is 660 g/mol. The van der Waals surface area contributed by atoms with Crippen molar-refractivity contribution in [3.8, 4) is 0 Å². The van der Waals surface area contributed by atoms with Gasteiger partial charge in [-0.05, 0) is 122 Å². The Morgan fingerprint density at radius 2 is 1.56 bits per heavy atom. The van der Waals surface area contributed by atoms with Crippen LogP contribution in [0.2, 0.25) is 0 Å². The minimum absolute atomic E-state index is 0.164. The zero-order valence-electron chi connectivity index (χ0n) is 30.0. The van der Waals surface area contributed by atoms with Crippen LogP contribution in [0.5, 0.6) is 0 Å². The quantitative estimate of drug-likeness (QED) is 0.148. The number of nitrogens with zero attached hydrogens (tertiary/aromatic N) is 2. The van der Waals surface area contributed by atoms with Gasteiger partial charge in [0.25, 0.3) is 0 Å². The summed E-state index contributed by atoms with van der Waals surface area (Å²) in [5, 5.41) is 5.13. The number of benzene rings is 4. The van der Waals surface area contributed by atoms with E-state index in [0.717, 1.165) is 76.3 Å². The SMILES string of the molecule is CCN1C(=CC=C2CCCC(C=CC3=[N+](CC)c4ccc5cc(C)ccc5c4C3(C)C)=C2Cl)C(C)(C)c2c1ccc1cc(S(=O)(=O)[O-])ccc21. The monoisotopic (exact) mass is 704 g/mol. The third-order valence-corrected chi connectivity index (χ3v) is 12.4. The molecule has 7 heteroatoms. The average molecular weight is 705 g/mol. The first-order chi connectivity index (χ1) is 23.7. The van der Waals surface area contributed by atoms with Crippen molar-refractivity contribution < 1.29 is 17.5 Å². The Morgan fingerprint density at radius 3 is 2.28 bits per heavy atom. The van der Waals surface area contributed by atoms with E-state index in [-0.39, 0.29) is 15.7 Å². The standard InChI is InChI=1S/C43H45ClN2O3S/c1-8-45-35-21-14-30-25-27(3)13-19-33(30)39(35)42(4,5)37(45)23-16-28-11-10-12-29(41(28)44)17-24-38-43(6,7)40-34-20-18-32(50(47,48)49)26-31(34)15-22-36(40)46(38)9-2/h13-26H,8-12H2,1-7H3. The molecule has 0 saturated carbocycles. The predicted octanol–water partition coefficient (Wildman–Crippen LogP) is 10.5. The molecule has 1 aliphatic carbocycles. The Balaban J connectivity index is 1.24. The molecule has 50 heavy (non-hydrogen) atoms. The zero-order chi connectivity index (χ0) is 35.7. The molecule has 2 heterocycles. The molecule has 0 N–H and O–H groups in total. The summed E-state index contributed by atoms with van der Waals surface area (Å²) in [7, 11) is -4.54. The van der Waals surface area contributed by atoms with Crippen molar-refractivity contribution in [3.63, 3.8) is 0 Å². The maximum absolute atomic E-state index is 11.7. The van der Waals surface area contributed by atoms with Crippen molar-refractivity contribution >= 4 is 60.4 Å². The summed E-state index contributed by atoms with van der Waals surface area (Å²) in [6.07, 6.45) is 11.8. The molecule has 0 aromatic heterocycles. The number of hydrogen-bond acceptors (Lipinski definition) is 4. The average Bonchev–Trinajstić information content (AvgIpc) is 3.44. The van der Waals surface area contributed by atoms with Gasteiger partial charge in [-0.2, -0.15) is 4.58 Å². The van der Waals surface area contributed by atoms with Gasteiger partial charge >= 0.3 is 0 Å². The highest BCUT2D eigenvalue weighted by molar-refractivity contribution is 7.85. The third-order valence-electron chi connectivity index (χ3n) is 11.1. The number of aryl methyl sites for hydroxylation is 1. The second kappa shape index (κ2) is 12.4. The molecule has 2 aliphatic heterocycles. The number of likely N-dealkylation sites (N-methyl/N-ethyl adjacent to an activating group) is 1. The van der Waals surface area contributed by atoms with Crippen LogP contribution in [0.1, 0.15) is 77.5 Å². The van der Waals surface area contributed by atoms with Gasteiger partial charge in [0.05, 0.1) is 10.3 Å². The highest BCUT2D eigenvalue weighted by Crippen LogP contribution is 2.51. The summed E-state index contributed by atoms with van der Waals surface area (Å²) in [5.74, 6) is 0. The Morgan fingerprint density at radius 1 is 0.860 bits per heavy atom. The largest absolute Gasteiger partial charge is 0.744 e. The van der Waals surface area contributed by atoms with E-state index in [2.05, 4.69) is 113 Å². The Bertz CT molecular complexity index is 2370. The van der Waals surface area contributed by atoms with Gasteiger partial charge in [0.2, 0.25) is 5.69 Å². The number of hydrogen-bond donors (Lipinski definition) is 0. The Kier molecular flexibility index (Phi) is 8.53. The Labute approximate surface area is 301 Å². The van der Waals surface area contributed by atoms with E-state index in [1.165, 1.54) is 45.4 Å². The molecule has 0 unspecified atom stereocenters. The number of halogens is 1. The van der Waals surface area contributed by atoms with Gasteiger partial charge in [-0.1, -0.05) is 73.5 Å². The summed E-state index contributed by atoms with van der Waals surface area (Å²) in [4.78, 5) is 2.12. The summed E-state index contributed by atoms with van der Waals surface area (Å²) >= 11 is 7.22. The molecule has 0 spiro atoms. The smallest absolute Gasteiger partial charge is 0.210 e. The van der Waals surface area contributed by atoms with Gasteiger partial charge in [0, 0.05) is 46.1 Å². The molecule has 3 aliphatic rings. The van der Waals surface area contributed by atoms with E-state index in [1.54, 1.807) is 6.07 Å². The summed E-state index contributed by atoms with van der Waals surface area (Å²) in [5.41, 5.74) is 10.4. The van der Waals surface area contributed by atoms with Crippen LogP contribution in [0.4, 0.5) is 11.4 Å². The molecule has 4 aromatic rings. The van der Waals surface area contributed by atoms with Gasteiger partial charge in [-0.15, -0.1) is 0 Å². The second-order valence-corrected chi connectivity index (χ2v) is 16.6. The minimum atomic E-state index is -4.54. The van der Waals surface area contributed by atoms with E-state index in [1.807, 2.05) is 12.1 Å². The fraction of sp³-hybridized carbons (Fsp3) is 0.326. The van der Waals surface area contributed by atoms with Crippen molar-refractivity contribution in [2.45, 2.75) is 83.5 Å². The van der Waals surface area contributed by atoms with Crippen LogP contribution in [0.25, 0.3) is 21.5 Å². The molecule has 0 amide bonds. The molecule has 0 saturated heterocycles. The molecule has 7 rings (SSSR count). The first-order valence-electron chi connectivity index (χ1n) is 17.7. The lowest BCUT2D eigenvalue weighted by molar-refractivity contribution is -0.433. The van der Waals surface area contributed by atoms with Gasteiger partial charge < -0.3 is 9.45 Å². The normalized spacial score (nSPS) is 20.3. The van der Waals surface area contributed by atoms with Crippen molar-refractivity contribution in [2.75, 3.05) is 18.0 Å². The van der Waals surface area contributed by atoms with E-state index in [9.17, 15) is 13.0 Å². The molecule has 5 nitrogen and oxygen atoms in total. The number of anilines is 1. The maximum atomic E-state index is 11.7. The highest BCUT2D eigenvalue weighted by Gasteiger charge is 2.45. The Hall–Kier alpha value is -3.97. The topological polar surface area (TPSA) is 63.5 Å². The highest BCUT2D eigenvalue weighted by atomic mass is 35.5. The summed E-state index contributed by atoms with van der Waals surface area (Å²) in [6.45, 7) is 17.3. The number of rotatable bonds is 6. The lowest BCUT2D eigenvalue weighted by atomic mass is 9.78. The van der Waals surface area contributed by atoms with E-state index < -0.39 is 10.1 Å². The van der Waals surface area contributed by atoms with Crippen LogP contribution < -0.4 is 4.90 Å². The maximum Gasteiger partial charge on any atom is 0.210 e. The molecule has 258 valence electrons. The number of allylic oxidation sites excluding steroid dienone is 8. The minimum Gasteiger partial charge on any atom is -0.744 e. The fourth-order valence-electron chi connectivity index (χ4n) is 8.69. The van der Waals surface area contributed by atoms with Crippen molar-refractivity contribution in [1.29, 1.82) is 0 Å². The van der Waals surface area contributed by atoms with Crippen molar-refractivity contribution in [1.82, 2.24) is 0 Å².